The van der Waals surface area contributed by atoms with E-state index in [2.05, 4.69) is 40.3 Å². The number of rotatable bonds is 3. The summed E-state index contributed by atoms with van der Waals surface area (Å²) < 4.78 is 15.6. The van der Waals surface area contributed by atoms with Gasteiger partial charge in [-0.1, -0.05) is 0 Å². The van der Waals surface area contributed by atoms with Crippen LogP contribution in [0.1, 0.15) is 5.56 Å². The summed E-state index contributed by atoms with van der Waals surface area (Å²) >= 11 is 1.66. The molecular weight excluding hydrogens is 346 g/mol. The van der Waals surface area contributed by atoms with Gasteiger partial charge in [-0.15, -0.1) is 0 Å². The van der Waals surface area contributed by atoms with E-state index in [1.54, 1.807) is 18.4 Å². The maximum absolute atomic E-state index is 5.98. The van der Waals surface area contributed by atoms with Crippen molar-refractivity contribution < 1.29 is 9.47 Å². The SMILES string of the molecule is COc1cc2c(cc1-c1ccn(C)c1)-c1c(cnn1-c1ccsc1)CO2. The molecule has 0 N–H and O–H groups in total. The van der Waals surface area contributed by atoms with Gasteiger partial charge in [0.1, 0.15) is 18.1 Å². The fraction of sp³-hybridized carbons (Fsp3) is 0.150. The summed E-state index contributed by atoms with van der Waals surface area (Å²) in [5, 5.41) is 8.76. The highest BCUT2D eigenvalue weighted by molar-refractivity contribution is 7.08. The van der Waals surface area contributed by atoms with Gasteiger partial charge in [-0.05, 0) is 23.6 Å². The molecule has 4 heterocycles. The molecule has 0 atom stereocenters. The normalized spacial score (nSPS) is 12.4. The number of aromatic nitrogens is 3. The van der Waals surface area contributed by atoms with Crippen LogP contribution in [0.4, 0.5) is 0 Å². The van der Waals surface area contributed by atoms with Gasteiger partial charge in [0.2, 0.25) is 0 Å². The number of hydrogen-bond acceptors (Lipinski definition) is 4. The van der Waals surface area contributed by atoms with Crippen LogP contribution in [0.2, 0.25) is 0 Å². The Morgan fingerprint density at radius 1 is 1.23 bits per heavy atom. The first-order valence-corrected chi connectivity index (χ1v) is 9.26. The molecule has 1 aliphatic rings. The smallest absolute Gasteiger partial charge is 0.132 e. The van der Waals surface area contributed by atoms with Crippen LogP contribution in [0.3, 0.4) is 0 Å². The van der Waals surface area contributed by atoms with Gasteiger partial charge in [-0.25, -0.2) is 4.68 Å². The van der Waals surface area contributed by atoms with Crippen molar-refractivity contribution in [2.75, 3.05) is 7.11 Å². The number of fused-ring (bicyclic) bond motifs is 3. The molecule has 6 heteroatoms. The number of hydrogen-bond donors (Lipinski definition) is 0. The Kier molecular flexibility index (Phi) is 3.39. The van der Waals surface area contributed by atoms with Crippen LogP contribution in [-0.4, -0.2) is 21.5 Å². The van der Waals surface area contributed by atoms with Crippen LogP contribution >= 0.6 is 11.3 Å². The highest BCUT2D eigenvalue weighted by Crippen LogP contribution is 2.45. The number of thiophene rings is 1. The lowest BCUT2D eigenvalue weighted by atomic mass is 9.98. The van der Waals surface area contributed by atoms with Crippen LogP contribution in [0.5, 0.6) is 11.5 Å². The maximum atomic E-state index is 5.98. The first kappa shape index (κ1) is 15.3. The molecule has 4 aromatic rings. The monoisotopic (exact) mass is 363 g/mol. The lowest BCUT2D eigenvalue weighted by molar-refractivity contribution is 0.299. The van der Waals surface area contributed by atoms with Gasteiger partial charge in [0.15, 0.2) is 0 Å². The van der Waals surface area contributed by atoms with E-state index in [0.717, 1.165) is 45.1 Å². The molecule has 1 aliphatic heterocycles. The fourth-order valence-corrected chi connectivity index (χ4v) is 4.04. The Labute approximate surface area is 155 Å². The third-order valence-electron chi connectivity index (χ3n) is 4.68. The van der Waals surface area contributed by atoms with E-state index in [4.69, 9.17) is 9.47 Å². The summed E-state index contributed by atoms with van der Waals surface area (Å²) in [6.07, 6.45) is 6.01. The summed E-state index contributed by atoms with van der Waals surface area (Å²) in [7, 11) is 3.71. The first-order chi connectivity index (χ1) is 12.7. The largest absolute Gasteiger partial charge is 0.496 e. The average molecular weight is 363 g/mol. The molecule has 5 nitrogen and oxygen atoms in total. The predicted molar refractivity (Wildman–Crippen MR) is 102 cm³/mol. The average Bonchev–Trinajstić information content (AvgIpc) is 3.40. The molecule has 0 unspecified atom stereocenters. The molecule has 5 rings (SSSR count). The summed E-state index contributed by atoms with van der Waals surface area (Å²) in [5.74, 6) is 1.63. The number of aryl methyl sites for hydroxylation is 1. The van der Waals surface area contributed by atoms with Gasteiger partial charge in [0.05, 0.1) is 24.7 Å². The first-order valence-electron chi connectivity index (χ1n) is 8.31. The van der Waals surface area contributed by atoms with Crippen LogP contribution in [-0.2, 0) is 13.7 Å². The summed E-state index contributed by atoms with van der Waals surface area (Å²) in [5.41, 5.74) is 6.44. The molecule has 0 saturated carbocycles. The molecule has 0 aliphatic carbocycles. The number of ether oxygens (including phenoxy) is 2. The summed E-state index contributed by atoms with van der Waals surface area (Å²) in [4.78, 5) is 0. The molecule has 0 amide bonds. The minimum atomic E-state index is 0.514. The second-order valence-electron chi connectivity index (χ2n) is 6.31. The van der Waals surface area contributed by atoms with E-state index in [0.29, 0.717) is 6.61 Å². The van der Waals surface area contributed by atoms with Gasteiger partial charge in [0, 0.05) is 53.1 Å². The van der Waals surface area contributed by atoms with E-state index in [-0.39, 0.29) is 0 Å². The van der Waals surface area contributed by atoms with Gasteiger partial charge in [-0.2, -0.15) is 16.4 Å². The zero-order valence-corrected chi connectivity index (χ0v) is 15.3. The molecule has 0 saturated heterocycles. The molecule has 0 spiro atoms. The molecule has 26 heavy (non-hydrogen) atoms. The van der Waals surface area contributed by atoms with Gasteiger partial charge in [0.25, 0.3) is 0 Å². The molecule has 130 valence electrons. The van der Waals surface area contributed by atoms with Gasteiger partial charge < -0.3 is 14.0 Å². The third kappa shape index (κ3) is 2.26. The van der Waals surface area contributed by atoms with Crippen LogP contribution in [0.25, 0.3) is 28.1 Å². The van der Waals surface area contributed by atoms with E-state index < -0.39 is 0 Å². The second-order valence-corrected chi connectivity index (χ2v) is 7.09. The topological polar surface area (TPSA) is 41.2 Å². The standard InChI is InChI=1S/C20H17N3O2S/c1-22-5-3-13(10-22)16-7-17-19(8-18(16)24-2)25-11-14-9-21-23(20(14)17)15-4-6-26-12-15/h3-10,12H,11H2,1-2H3. The van der Waals surface area contributed by atoms with E-state index in [1.807, 2.05) is 34.8 Å². The molecule has 0 radical (unpaired) electrons. The molecule has 3 aromatic heterocycles. The number of methoxy groups -OCH3 is 1. The maximum Gasteiger partial charge on any atom is 0.132 e. The van der Waals surface area contributed by atoms with E-state index >= 15 is 0 Å². The lowest BCUT2D eigenvalue weighted by Crippen LogP contribution is -2.08. The zero-order chi connectivity index (χ0) is 17.7. The molecule has 0 fully saturated rings. The Morgan fingerprint density at radius 3 is 2.88 bits per heavy atom. The lowest BCUT2D eigenvalue weighted by Gasteiger charge is -2.21. The second kappa shape index (κ2) is 5.78. The van der Waals surface area contributed by atoms with Crippen molar-refractivity contribution in [3.63, 3.8) is 0 Å². The van der Waals surface area contributed by atoms with Crippen molar-refractivity contribution in [2.24, 2.45) is 7.05 Å². The minimum Gasteiger partial charge on any atom is -0.496 e. The number of nitrogens with zero attached hydrogens (tertiary/aromatic N) is 3. The van der Waals surface area contributed by atoms with Crippen molar-refractivity contribution in [1.29, 1.82) is 0 Å². The van der Waals surface area contributed by atoms with Crippen LogP contribution in [0, 0.1) is 0 Å². The molecular formula is C20H17N3O2S. The van der Waals surface area contributed by atoms with Gasteiger partial charge >= 0.3 is 0 Å². The van der Waals surface area contributed by atoms with Crippen molar-refractivity contribution in [3.05, 3.63) is 59.2 Å². The number of benzene rings is 1. The van der Waals surface area contributed by atoms with E-state index in [9.17, 15) is 0 Å². The Morgan fingerprint density at radius 2 is 2.15 bits per heavy atom. The predicted octanol–water partition coefficient (Wildman–Crippen LogP) is 4.51. The summed E-state index contributed by atoms with van der Waals surface area (Å²) in [6, 6.07) is 8.29. The van der Waals surface area contributed by atoms with Gasteiger partial charge in [-0.3, -0.25) is 0 Å². The highest BCUT2D eigenvalue weighted by atomic mass is 32.1. The minimum absolute atomic E-state index is 0.514. The van der Waals surface area contributed by atoms with E-state index in [1.165, 1.54) is 0 Å². The van der Waals surface area contributed by atoms with Crippen molar-refractivity contribution in [3.8, 4) is 39.6 Å². The Bertz CT molecular complexity index is 1090. The quantitative estimate of drug-likeness (QED) is 0.538. The molecule has 1 aromatic carbocycles. The third-order valence-corrected chi connectivity index (χ3v) is 5.35. The van der Waals surface area contributed by atoms with Crippen LogP contribution in [0.15, 0.2) is 53.6 Å². The van der Waals surface area contributed by atoms with Crippen molar-refractivity contribution in [2.45, 2.75) is 6.61 Å². The fourth-order valence-electron chi connectivity index (χ4n) is 3.43. The van der Waals surface area contributed by atoms with Crippen molar-refractivity contribution >= 4 is 11.3 Å². The zero-order valence-electron chi connectivity index (χ0n) is 14.5. The summed E-state index contributed by atoms with van der Waals surface area (Å²) in [6.45, 7) is 0.514. The van der Waals surface area contributed by atoms with Crippen LogP contribution < -0.4 is 9.47 Å². The highest BCUT2D eigenvalue weighted by Gasteiger charge is 2.25. The van der Waals surface area contributed by atoms with Crippen molar-refractivity contribution in [1.82, 2.24) is 14.3 Å². The molecule has 0 bridgehead atoms. The Balaban J connectivity index is 1.75. The Hall–Kier alpha value is -2.99.